The summed E-state index contributed by atoms with van der Waals surface area (Å²) in [6, 6.07) is 2.01. The van der Waals surface area contributed by atoms with Gasteiger partial charge < -0.3 is 20.1 Å². The normalized spacial score (nSPS) is 10.9. The number of aliphatic hydroxyl groups is 1. The number of hydrogen-bond donors (Lipinski definition) is 2. The molecular weight excluding hydrogens is 264 g/mol. The van der Waals surface area contributed by atoms with Crippen LogP contribution in [0.2, 0.25) is 0 Å². The van der Waals surface area contributed by atoms with Crippen LogP contribution in [-0.4, -0.2) is 55.5 Å². The maximum absolute atomic E-state index is 9.21. The minimum absolute atomic E-state index is 0.0776. The van der Waals surface area contributed by atoms with Crippen LogP contribution in [0.1, 0.15) is 0 Å². The topological polar surface area (TPSA) is 70.5 Å². The summed E-state index contributed by atoms with van der Waals surface area (Å²) in [4.78, 5) is 11.9. The average Bonchev–Trinajstić information content (AvgIpc) is 2.90. The van der Waals surface area contributed by atoms with Gasteiger partial charge in [0.1, 0.15) is 10.6 Å². The van der Waals surface area contributed by atoms with E-state index in [0.29, 0.717) is 25.6 Å². The molecule has 0 bridgehead atoms. The number of ether oxygens (including phenoxy) is 1. The van der Waals surface area contributed by atoms with E-state index >= 15 is 0 Å². The van der Waals surface area contributed by atoms with Crippen LogP contribution in [-0.2, 0) is 4.74 Å². The highest BCUT2D eigenvalue weighted by atomic mass is 32.1. The molecule has 0 aliphatic carbocycles. The zero-order chi connectivity index (χ0) is 13.7. The van der Waals surface area contributed by atoms with Crippen LogP contribution in [0.4, 0.5) is 11.8 Å². The smallest absolute Gasteiger partial charge is 0.225 e. The van der Waals surface area contributed by atoms with Crippen LogP contribution in [0.5, 0.6) is 0 Å². The number of fused-ring (bicyclic) bond motifs is 1. The summed E-state index contributed by atoms with van der Waals surface area (Å²) in [5.41, 5.74) is 0. The SMILES string of the molecule is CNc1nc(N(CCO)CCOC)c2ccsc2n1. The van der Waals surface area contributed by atoms with E-state index in [2.05, 4.69) is 15.3 Å². The van der Waals surface area contributed by atoms with Crippen molar-refractivity contribution in [1.82, 2.24) is 9.97 Å². The van der Waals surface area contributed by atoms with E-state index in [0.717, 1.165) is 16.0 Å². The van der Waals surface area contributed by atoms with Gasteiger partial charge in [0.2, 0.25) is 5.95 Å². The molecule has 0 atom stereocenters. The van der Waals surface area contributed by atoms with Crippen LogP contribution in [0.3, 0.4) is 0 Å². The van der Waals surface area contributed by atoms with Crippen LogP contribution >= 0.6 is 11.3 Å². The number of aromatic nitrogens is 2. The first kappa shape index (κ1) is 14.0. The number of thiophene rings is 1. The molecule has 0 fully saturated rings. The summed E-state index contributed by atoms with van der Waals surface area (Å²) >= 11 is 1.58. The summed E-state index contributed by atoms with van der Waals surface area (Å²) in [7, 11) is 3.46. The van der Waals surface area contributed by atoms with E-state index < -0.39 is 0 Å². The van der Waals surface area contributed by atoms with Gasteiger partial charge in [0, 0.05) is 27.2 Å². The number of nitrogens with one attached hydrogen (secondary N) is 1. The van der Waals surface area contributed by atoms with Crippen LogP contribution in [0.25, 0.3) is 10.2 Å². The molecule has 0 saturated heterocycles. The molecule has 2 N–H and O–H groups in total. The van der Waals surface area contributed by atoms with Crippen molar-refractivity contribution in [3.05, 3.63) is 11.4 Å². The van der Waals surface area contributed by atoms with Crippen molar-refractivity contribution in [2.45, 2.75) is 0 Å². The molecule has 0 spiro atoms. The van der Waals surface area contributed by atoms with Crippen LogP contribution in [0.15, 0.2) is 11.4 Å². The zero-order valence-corrected chi connectivity index (χ0v) is 11.9. The van der Waals surface area contributed by atoms with Crippen molar-refractivity contribution in [3.63, 3.8) is 0 Å². The highest BCUT2D eigenvalue weighted by molar-refractivity contribution is 7.16. The van der Waals surface area contributed by atoms with Gasteiger partial charge in [0.05, 0.1) is 18.6 Å². The van der Waals surface area contributed by atoms with Gasteiger partial charge in [0.15, 0.2) is 0 Å². The van der Waals surface area contributed by atoms with Crippen molar-refractivity contribution in [2.75, 3.05) is 50.7 Å². The highest BCUT2D eigenvalue weighted by Crippen LogP contribution is 2.28. The third-order valence-electron chi connectivity index (χ3n) is 2.76. The van der Waals surface area contributed by atoms with Gasteiger partial charge in [-0.15, -0.1) is 11.3 Å². The summed E-state index contributed by atoms with van der Waals surface area (Å²) in [5, 5.41) is 15.2. The second-order valence-corrected chi connectivity index (χ2v) is 4.86. The predicted molar refractivity (Wildman–Crippen MR) is 78.1 cm³/mol. The Kier molecular flexibility index (Phi) is 4.89. The maximum Gasteiger partial charge on any atom is 0.225 e. The fourth-order valence-electron chi connectivity index (χ4n) is 1.84. The Morgan fingerprint density at radius 1 is 1.42 bits per heavy atom. The first-order chi connectivity index (χ1) is 9.30. The van der Waals surface area contributed by atoms with E-state index in [1.54, 1.807) is 25.5 Å². The van der Waals surface area contributed by atoms with Gasteiger partial charge in [-0.05, 0) is 11.4 Å². The molecule has 0 unspecified atom stereocenters. The summed E-state index contributed by atoms with van der Waals surface area (Å²) < 4.78 is 5.11. The lowest BCUT2D eigenvalue weighted by molar-refractivity contribution is 0.202. The Hall–Kier alpha value is -1.44. The molecule has 7 heteroatoms. The molecule has 0 saturated carbocycles. The number of hydrogen-bond acceptors (Lipinski definition) is 7. The fraction of sp³-hybridized carbons (Fsp3) is 0.500. The predicted octanol–water partition coefficient (Wildman–Crippen LogP) is 1.18. The molecule has 0 amide bonds. The monoisotopic (exact) mass is 282 g/mol. The van der Waals surface area contributed by atoms with Crippen LogP contribution < -0.4 is 10.2 Å². The summed E-state index contributed by atoms with van der Waals surface area (Å²) in [5.74, 6) is 1.42. The van der Waals surface area contributed by atoms with Gasteiger partial charge in [-0.1, -0.05) is 0 Å². The molecule has 104 valence electrons. The number of aliphatic hydroxyl groups excluding tert-OH is 1. The maximum atomic E-state index is 9.21. The quantitative estimate of drug-likeness (QED) is 0.794. The largest absolute Gasteiger partial charge is 0.395 e. The Balaban J connectivity index is 2.40. The Morgan fingerprint density at radius 3 is 2.95 bits per heavy atom. The van der Waals surface area contributed by atoms with Crippen LogP contribution in [0, 0.1) is 0 Å². The summed E-state index contributed by atoms with van der Waals surface area (Å²) in [6.07, 6.45) is 0. The molecule has 0 aliphatic heterocycles. The molecule has 2 aromatic heterocycles. The zero-order valence-electron chi connectivity index (χ0n) is 11.1. The lowest BCUT2D eigenvalue weighted by Gasteiger charge is -2.23. The Bertz CT molecular complexity index is 531. The van der Waals surface area contributed by atoms with Gasteiger partial charge in [0.25, 0.3) is 0 Å². The van der Waals surface area contributed by atoms with Gasteiger partial charge in [-0.25, -0.2) is 4.98 Å². The Morgan fingerprint density at radius 2 is 2.26 bits per heavy atom. The van der Waals surface area contributed by atoms with E-state index in [-0.39, 0.29) is 6.61 Å². The van der Waals surface area contributed by atoms with Gasteiger partial charge in [-0.2, -0.15) is 4.98 Å². The van der Waals surface area contributed by atoms with Crippen molar-refractivity contribution < 1.29 is 9.84 Å². The molecule has 19 heavy (non-hydrogen) atoms. The van der Waals surface area contributed by atoms with Crippen molar-refractivity contribution >= 4 is 33.3 Å². The standard InChI is InChI=1S/C12H18N4O2S/c1-13-12-14-10(9-3-8-19-11(9)15-12)16(4-6-17)5-7-18-2/h3,8,17H,4-7H2,1-2H3,(H,13,14,15). The molecule has 0 aliphatic rings. The fourth-order valence-corrected chi connectivity index (χ4v) is 2.60. The minimum Gasteiger partial charge on any atom is -0.395 e. The van der Waals surface area contributed by atoms with Gasteiger partial charge in [-0.3, -0.25) is 0 Å². The van der Waals surface area contributed by atoms with E-state index in [1.807, 2.05) is 16.3 Å². The van der Waals surface area contributed by atoms with E-state index in [4.69, 9.17) is 4.74 Å². The molecule has 2 aromatic rings. The van der Waals surface area contributed by atoms with E-state index in [1.165, 1.54) is 0 Å². The molecule has 2 heterocycles. The second kappa shape index (κ2) is 6.65. The van der Waals surface area contributed by atoms with Gasteiger partial charge >= 0.3 is 0 Å². The lowest BCUT2D eigenvalue weighted by atomic mass is 10.3. The van der Waals surface area contributed by atoms with Crippen molar-refractivity contribution in [1.29, 1.82) is 0 Å². The lowest BCUT2D eigenvalue weighted by Crippen LogP contribution is -2.31. The molecule has 0 aromatic carbocycles. The van der Waals surface area contributed by atoms with Crippen molar-refractivity contribution in [3.8, 4) is 0 Å². The average molecular weight is 282 g/mol. The second-order valence-electron chi connectivity index (χ2n) is 3.96. The third-order valence-corrected chi connectivity index (χ3v) is 3.57. The third kappa shape index (κ3) is 3.12. The first-order valence-corrected chi connectivity index (χ1v) is 6.96. The minimum atomic E-state index is 0.0776. The molecule has 6 nitrogen and oxygen atoms in total. The number of anilines is 2. The van der Waals surface area contributed by atoms with E-state index in [9.17, 15) is 5.11 Å². The molecule has 2 rings (SSSR count). The number of nitrogens with zero attached hydrogens (tertiary/aromatic N) is 3. The number of methoxy groups -OCH3 is 1. The van der Waals surface area contributed by atoms with Crippen molar-refractivity contribution in [2.24, 2.45) is 0 Å². The molecule has 0 radical (unpaired) electrons. The summed E-state index contributed by atoms with van der Waals surface area (Å²) in [6.45, 7) is 1.87. The first-order valence-electron chi connectivity index (χ1n) is 6.08. The Labute approximate surface area is 116 Å². The highest BCUT2D eigenvalue weighted by Gasteiger charge is 2.14. The number of rotatable bonds is 7. The molecular formula is C12H18N4O2S.